The number of hydrogen-bond acceptors (Lipinski definition) is 3. The molecule has 1 fully saturated rings. The van der Waals surface area contributed by atoms with E-state index < -0.39 is 0 Å². The number of nitrogens with one attached hydrogen (secondary N) is 1. The summed E-state index contributed by atoms with van der Waals surface area (Å²) in [6, 6.07) is 0. The Balaban J connectivity index is 2.36. The van der Waals surface area contributed by atoms with E-state index in [0.717, 1.165) is 38.0 Å². The first-order chi connectivity index (χ1) is 8.19. The Hall–Kier alpha value is -0.220. The second-order valence-electron chi connectivity index (χ2n) is 5.10. The minimum atomic E-state index is 0.0260. The lowest BCUT2D eigenvalue weighted by Crippen LogP contribution is -2.40. The number of hydrogen-bond donors (Lipinski definition) is 2. The highest BCUT2D eigenvalue weighted by Crippen LogP contribution is 2.33. The SMILES string of the molecule is CSCCCNC(=O)C1CC(C)CC[C@H]1CO. The normalized spacial score (nSPS) is 29.0. The van der Waals surface area contributed by atoms with E-state index in [9.17, 15) is 9.90 Å². The van der Waals surface area contributed by atoms with Crippen LogP contribution in [-0.2, 0) is 4.79 Å². The van der Waals surface area contributed by atoms with Crippen molar-refractivity contribution in [1.29, 1.82) is 0 Å². The molecule has 0 aromatic heterocycles. The molecule has 0 aliphatic heterocycles. The van der Waals surface area contributed by atoms with Crippen molar-refractivity contribution in [2.75, 3.05) is 25.2 Å². The Morgan fingerprint density at radius 2 is 2.24 bits per heavy atom. The molecule has 100 valence electrons. The summed E-state index contributed by atoms with van der Waals surface area (Å²) in [5.41, 5.74) is 0. The van der Waals surface area contributed by atoms with Gasteiger partial charge in [-0.3, -0.25) is 4.79 Å². The van der Waals surface area contributed by atoms with Crippen LogP contribution in [0.4, 0.5) is 0 Å². The van der Waals surface area contributed by atoms with Crippen LogP contribution in [0, 0.1) is 17.8 Å². The molecular formula is C13H25NO2S. The van der Waals surface area contributed by atoms with Gasteiger partial charge in [-0.1, -0.05) is 13.3 Å². The van der Waals surface area contributed by atoms with Gasteiger partial charge in [0, 0.05) is 19.1 Å². The van der Waals surface area contributed by atoms with E-state index in [1.54, 1.807) is 11.8 Å². The zero-order valence-corrected chi connectivity index (χ0v) is 11.8. The van der Waals surface area contributed by atoms with E-state index in [1.807, 2.05) is 0 Å². The topological polar surface area (TPSA) is 49.3 Å². The molecule has 3 atom stereocenters. The number of aliphatic hydroxyl groups is 1. The van der Waals surface area contributed by atoms with Crippen molar-refractivity contribution < 1.29 is 9.90 Å². The molecule has 0 aromatic carbocycles. The molecule has 0 aromatic rings. The summed E-state index contributed by atoms with van der Waals surface area (Å²) in [5.74, 6) is 2.05. The first kappa shape index (κ1) is 14.8. The van der Waals surface area contributed by atoms with Gasteiger partial charge in [0.05, 0.1) is 0 Å². The highest BCUT2D eigenvalue weighted by atomic mass is 32.2. The number of carbonyl (C=O) groups is 1. The van der Waals surface area contributed by atoms with Gasteiger partial charge in [0.2, 0.25) is 5.91 Å². The molecule has 2 unspecified atom stereocenters. The number of thioether (sulfide) groups is 1. The molecule has 3 nitrogen and oxygen atoms in total. The van der Waals surface area contributed by atoms with Crippen LogP contribution < -0.4 is 5.32 Å². The van der Waals surface area contributed by atoms with Crippen molar-refractivity contribution >= 4 is 17.7 Å². The van der Waals surface area contributed by atoms with Crippen LogP contribution in [0.15, 0.2) is 0 Å². The fraction of sp³-hybridized carbons (Fsp3) is 0.923. The minimum Gasteiger partial charge on any atom is -0.396 e. The van der Waals surface area contributed by atoms with Gasteiger partial charge in [-0.25, -0.2) is 0 Å². The highest BCUT2D eigenvalue weighted by Gasteiger charge is 2.32. The summed E-state index contributed by atoms with van der Waals surface area (Å²) in [7, 11) is 0. The van der Waals surface area contributed by atoms with E-state index in [0.29, 0.717) is 5.92 Å². The smallest absolute Gasteiger partial charge is 0.223 e. The van der Waals surface area contributed by atoms with Gasteiger partial charge in [-0.05, 0) is 43.1 Å². The Morgan fingerprint density at radius 3 is 2.88 bits per heavy atom. The predicted molar refractivity (Wildman–Crippen MR) is 73.1 cm³/mol. The van der Waals surface area contributed by atoms with Gasteiger partial charge < -0.3 is 10.4 Å². The summed E-state index contributed by atoms with van der Waals surface area (Å²) >= 11 is 1.80. The van der Waals surface area contributed by atoms with Crippen LogP contribution in [0.2, 0.25) is 0 Å². The summed E-state index contributed by atoms with van der Waals surface area (Å²) in [4.78, 5) is 12.0. The lowest BCUT2D eigenvalue weighted by molar-refractivity contribution is -0.129. The van der Waals surface area contributed by atoms with E-state index in [-0.39, 0.29) is 24.3 Å². The second kappa shape index (κ2) is 7.98. The molecule has 1 saturated carbocycles. The lowest BCUT2D eigenvalue weighted by atomic mass is 9.74. The van der Waals surface area contributed by atoms with Gasteiger partial charge in [-0.15, -0.1) is 0 Å². The van der Waals surface area contributed by atoms with Crippen LogP contribution in [0.5, 0.6) is 0 Å². The van der Waals surface area contributed by atoms with Crippen molar-refractivity contribution in [3.8, 4) is 0 Å². The fourth-order valence-electron chi connectivity index (χ4n) is 2.54. The zero-order chi connectivity index (χ0) is 12.7. The molecule has 1 rings (SSSR count). The van der Waals surface area contributed by atoms with Crippen molar-refractivity contribution in [2.24, 2.45) is 17.8 Å². The summed E-state index contributed by atoms with van der Waals surface area (Å²) in [5, 5.41) is 12.3. The van der Waals surface area contributed by atoms with Crippen LogP contribution in [0.25, 0.3) is 0 Å². The molecule has 0 spiro atoms. The van der Waals surface area contributed by atoms with Crippen molar-refractivity contribution in [2.45, 2.75) is 32.6 Å². The molecule has 1 amide bonds. The van der Waals surface area contributed by atoms with Crippen LogP contribution in [0.1, 0.15) is 32.6 Å². The standard InChI is InChI=1S/C13H25NO2S/c1-10-4-5-11(9-15)12(8-10)13(16)14-6-3-7-17-2/h10-12,15H,3-9H2,1-2H3,(H,14,16)/t10?,11-,12?/m0/s1. The largest absolute Gasteiger partial charge is 0.396 e. The lowest BCUT2D eigenvalue weighted by Gasteiger charge is -2.32. The molecule has 1 aliphatic carbocycles. The molecule has 0 radical (unpaired) electrons. The van der Waals surface area contributed by atoms with E-state index in [4.69, 9.17) is 0 Å². The molecule has 4 heteroatoms. The van der Waals surface area contributed by atoms with Gasteiger partial charge in [-0.2, -0.15) is 11.8 Å². The number of carbonyl (C=O) groups excluding carboxylic acids is 1. The fourth-order valence-corrected chi connectivity index (χ4v) is 2.98. The first-order valence-corrected chi connectivity index (χ1v) is 7.96. The maximum Gasteiger partial charge on any atom is 0.223 e. The predicted octanol–water partition coefficient (Wildman–Crippen LogP) is 1.90. The number of rotatable bonds is 6. The van der Waals surface area contributed by atoms with Crippen LogP contribution >= 0.6 is 11.8 Å². The Kier molecular flexibility index (Phi) is 6.97. The number of amides is 1. The molecule has 0 bridgehead atoms. The zero-order valence-electron chi connectivity index (χ0n) is 10.9. The first-order valence-electron chi connectivity index (χ1n) is 6.56. The Bertz CT molecular complexity index is 235. The van der Waals surface area contributed by atoms with Crippen molar-refractivity contribution in [1.82, 2.24) is 5.32 Å². The Labute approximate surface area is 109 Å². The third-order valence-corrected chi connectivity index (χ3v) is 4.35. The average molecular weight is 259 g/mol. The van der Waals surface area contributed by atoms with Gasteiger partial charge >= 0.3 is 0 Å². The third-order valence-electron chi connectivity index (χ3n) is 3.65. The Morgan fingerprint density at radius 1 is 1.47 bits per heavy atom. The van der Waals surface area contributed by atoms with Crippen LogP contribution in [-0.4, -0.2) is 36.2 Å². The third kappa shape index (κ3) is 4.88. The highest BCUT2D eigenvalue weighted by molar-refractivity contribution is 7.98. The summed E-state index contributed by atoms with van der Waals surface area (Å²) in [6.07, 6.45) is 6.16. The molecule has 0 saturated heterocycles. The quantitative estimate of drug-likeness (QED) is 0.716. The van der Waals surface area contributed by atoms with Crippen molar-refractivity contribution in [3.63, 3.8) is 0 Å². The maximum absolute atomic E-state index is 12.0. The maximum atomic E-state index is 12.0. The van der Waals surface area contributed by atoms with Gasteiger partial charge in [0.25, 0.3) is 0 Å². The summed E-state index contributed by atoms with van der Waals surface area (Å²) < 4.78 is 0. The van der Waals surface area contributed by atoms with E-state index >= 15 is 0 Å². The molecule has 2 N–H and O–H groups in total. The molecule has 1 aliphatic rings. The average Bonchev–Trinajstić information content (AvgIpc) is 2.34. The van der Waals surface area contributed by atoms with Gasteiger partial charge in [0.15, 0.2) is 0 Å². The molecule has 17 heavy (non-hydrogen) atoms. The van der Waals surface area contributed by atoms with E-state index in [2.05, 4.69) is 18.5 Å². The monoisotopic (exact) mass is 259 g/mol. The molecular weight excluding hydrogens is 234 g/mol. The molecule has 0 heterocycles. The minimum absolute atomic E-state index is 0.0260. The van der Waals surface area contributed by atoms with Gasteiger partial charge in [0.1, 0.15) is 0 Å². The summed E-state index contributed by atoms with van der Waals surface area (Å²) in [6.45, 7) is 3.11. The second-order valence-corrected chi connectivity index (χ2v) is 6.09. The van der Waals surface area contributed by atoms with E-state index in [1.165, 1.54) is 0 Å². The van der Waals surface area contributed by atoms with Crippen molar-refractivity contribution in [3.05, 3.63) is 0 Å². The number of aliphatic hydroxyl groups excluding tert-OH is 1. The van der Waals surface area contributed by atoms with Crippen LogP contribution in [0.3, 0.4) is 0 Å².